The van der Waals surface area contributed by atoms with E-state index in [4.69, 9.17) is 8.83 Å². The van der Waals surface area contributed by atoms with Crippen molar-refractivity contribution in [2.24, 2.45) is 0 Å². The van der Waals surface area contributed by atoms with Crippen LogP contribution >= 0.6 is 0 Å². The van der Waals surface area contributed by atoms with Crippen molar-refractivity contribution in [3.63, 3.8) is 0 Å². The molecule has 0 unspecified atom stereocenters. The molecule has 1 aliphatic rings. The number of fused-ring (bicyclic) bond motifs is 5. The van der Waals surface area contributed by atoms with Crippen LogP contribution in [0, 0.1) is 13.8 Å². The summed E-state index contributed by atoms with van der Waals surface area (Å²) >= 11 is 0. The van der Waals surface area contributed by atoms with E-state index in [2.05, 4.69) is 74.5 Å². The predicted octanol–water partition coefficient (Wildman–Crippen LogP) is 12.7. The van der Waals surface area contributed by atoms with Gasteiger partial charge in [-0.05, 0) is 122 Å². The van der Waals surface area contributed by atoms with Crippen molar-refractivity contribution in [3.05, 3.63) is 151 Å². The molecule has 7 rings (SSSR count). The van der Waals surface area contributed by atoms with Gasteiger partial charge in [-0.3, -0.25) is 0 Å². The van der Waals surface area contributed by atoms with Gasteiger partial charge in [-0.15, -0.1) is 0 Å². The molecule has 4 heteroatoms. The van der Waals surface area contributed by atoms with Crippen LogP contribution in [0.25, 0.3) is 33.1 Å². The molecule has 2 aromatic heterocycles. The van der Waals surface area contributed by atoms with Crippen molar-refractivity contribution in [3.8, 4) is 11.1 Å². The van der Waals surface area contributed by atoms with Crippen molar-refractivity contribution in [1.82, 2.24) is 0 Å². The Morgan fingerprint density at radius 2 is 0.849 bits per heavy atom. The quantitative estimate of drug-likeness (QED) is 0.0659. The van der Waals surface area contributed by atoms with E-state index in [0.717, 1.165) is 23.6 Å². The summed E-state index contributed by atoms with van der Waals surface area (Å²) in [6.45, 7) is 4.51. The Kier molecular flexibility index (Phi) is 11.7. The van der Waals surface area contributed by atoms with Crippen molar-refractivity contribution in [2.45, 2.75) is 122 Å². The van der Waals surface area contributed by atoms with E-state index in [1.54, 1.807) is 11.1 Å². The van der Waals surface area contributed by atoms with E-state index >= 15 is 0 Å². The van der Waals surface area contributed by atoms with Gasteiger partial charge in [-0.25, -0.2) is 9.59 Å². The summed E-state index contributed by atoms with van der Waals surface area (Å²) in [5.41, 5.74) is 12.3. The maximum atomic E-state index is 11.5. The Hall–Kier alpha value is -4.70. The number of rotatable bonds is 18. The third-order valence-electron chi connectivity index (χ3n) is 11.7. The highest BCUT2D eigenvalue weighted by molar-refractivity contribution is 5.82. The largest absolute Gasteiger partial charge is 0.423 e. The highest BCUT2D eigenvalue weighted by Gasteiger charge is 2.42. The molecule has 0 bridgehead atoms. The van der Waals surface area contributed by atoms with Gasteiger partial charge >= 0.3 is 11.3 Å². The molecular weight excluding hydrogens is 653 g/mol. The number of unbranched alkanes of at least 4 members (excludes halogenated alkanes) is 10. The van der Waals surface area contributed by atoms with Crippen LogP contribution in [-0.4, -0.2) is 0 Å². The Morgan fingerprint density at radius 1 is 0.434 bits per heavy atom. The zero-order chi connectivity index (χ0) is 36.6. The average Bonchev–Trinajstić information content (AvgIpc) is 3.41. The summed E-state index contributed by atoms with van der Waals surface area (Å²) in [6, 6.07) is 33.5. The zero-order valence-electron chi connectivity index (χ0n) is 31.7. The summed E-state index contributed by atoms with van der Waals surface area (Å²) in [5.74, 6) is 0. The Balaban J connectivity index is 0.903. The fourth-order valence-electron chi connectivity index (χ4n) is 8.87. The molecule has 4 aromatic carbocycles. The van der Waals surface area contributed by atoms with Gasteiger partial charge in [0.2, 0.25) is 0 Å². The lowest BCUT2D eigenvalue weighted by molar-refractivity contribution is 0.397. The summed E-state index contributed by atoms with van der Waals surface area (Å²) in [4.78, 5) is 23.0. The molecule has 0 amide bonds. The molecule has 0 aliphatic heterocycles. The molecule has 0 N–H and O–H groups in total. The van der Waals surface area contributed by atoms with E-state index in [-0.39, 0.29) is 16.7 Å². The van der Waals surface area contributed by atoms with E-state index in [1.165, 1.54) is 135 Å². The summed E-state index contributed by atoms with van der Waals surface area (Å²) in [6.07, 6.45) is 19.7. The SMILES string of the molecule is Cc1ccc2c(c1)C(CCCCCCCCc1ccc3oc(=O)ccc3c1)(CCCCCCCCc1ccc3oc(=O)ccc3c1)c1cc(C)ccc1-2. The molecule has 0 saturated heterocycles. The van der Waals surface area contributed by atoms with E-state index in [9.17, 15) is 9.59 Å². The average molecular weight is 707 g/mol. The predicted molar refractivity (Wildman–Crippen MR) is 219 cm³/mol. The molecular formula is C49H54O4. The minimum absolute atomic E-state index is 0.104. The molecule has 0 fully saturated rings. The van der Waals surface area contributed by atoms with E-state index in [0.29, 0.717) is 11.2 Å². The first-order valence-corrected chi connectivity index (χ1v) is 20.2. The highest BCUT2D eigenvalue weighted by Crippen LogP contribution is 2.54. The molecule has 6 aromatic rings. The van der Waals surface area contributed by atoms with Crippen LogP contribution in [0.4, 0.5) is 0 Å². The second-order valence-corrected chi connectivity index (χ2v) is 15.7. The van der Waals surface area contributed by atoms with Gasteiger partial charge in [0.25, 0.3) is 0 Å². The van der Waals surface area contributed by atoms with Gasteiger partial charge in [0.1, 0.15) is 11.2 Å². The van der Waals surface area contributed by atoms with Gasteiger partial charge < -0.3 is 8.83 Å². The molecule has 2 heterocycles. The Morgan fingerprint density at radius 3 is 1.30 bits per heavy atom. The second-order valence-electron chi connectivity index (χ2n) is 15.7. The molecule has 0 saturated carbocycles. The maximum Gasteiger partial charge on any atom is 0.336 e. The number of hydrogen-bond donors (Lipinski definition) is 0. The molecule has 274 valence electrons. The standard InChI is InChI=1S/C49H54O4/c1-35-17-23-41-42-24-18-36(2)32-44(42)49(43(41)31-35,29-13-9-5-3-7-11-15-37-19-25-45-39(33-37)21-27-47(50)52-45)30-14-10-6-4-8-12-16-38-20-26-46-40(34-38)22-28-48(51)53-46/h17-28,31-34H,3-16,29-30H2,1-2H3. The number of aryl methyl sites for hydroxylation is 4. The lowest BCUT2D eigenvalue weighted by Crippen LogP contribution is -2.25. The molecule has 0 spiro atoms. The molecule has 1 aliphatic carbocycles. The molecule has 0 atom stereocenters. The highest BCUT2D eigenvalue weighted by atomic mass is 16.4. The van der Waals surface area contributed by atoms with Crippen LogP contribution in [0.2, 0.25) is 0 Å². The smallest absolute Gasteiger partial charge is 0.336 e. The van der Waals surface area contributed by atoms with Gasteiger partial charge in [0.05, 0.1) is 0 Å². The zero-order valence-corrected chi connectivity index (χ0v) is 31.7. The Labute approximate surface area is 314 Å². The third kappa shape index (κ3) is 8.75. The van der Waals surface area contributed by atoms with E-state index in [1.807, 2.05) is 24.3 Å². The van der Waals surface area contributed by atoms with Crippen molar-refractivity contribution < 1.29 is 8.83 Å². The van der Waals surface area contributed by atoms with Crippen molar-refractivity contribution in [2.75, 3.05) is 0 Å². The van der Waals surface area contributed by atoms with Crippen LogP contribution in [0.15, 0.2) is 115 Å². The van der Waals surface area contributed by atoms with Gasteiger partial charge in [0.15, 0.2) is 0 Å². The third-order valence-corrected chi connectivity index (χ3v) is 11.7. The number of benzene rings is 4. The van der Waals surface area contributed by atoms with Crippen LogP contribution in [0.3, 0.4) is 0 Å². The van der Waals surface area contributed by atoms with Gasteiger partial charge in [0, 0.05) is 28.3 Å². The monoisotopic (exact) mass is 706 g/mol. The van der Waals surface area contributed by atoms with E-state index < -0.39 is 0 Å². The fraction of sp³-hybridized carbons (Fsp3) is 0.388. The summed E-state index contributed by atoms with van der Waals surface area (Å²) in [5, 5.41) is 2.01. The van der Waals surface area contributed by atoms with Crippen LogP contribution in [-0.2, 0) is 18.3 Å². The van der Waals surface area contributed by atoms with Gasteiger partial charge in [-0.1, -0.05) is 124 Å². The van der Waals surface area contributed by atoms with Crippen molar-refractivity contribution >= 4 is 21.9 Å². The van der Waals surface area contributed by atoms with Gasteiger partial charge in [-0.2, -0.15) is 0 Å². The Bertz CT molecular complexity index is 2130. The minimum Gasteiger partial charge on any atom is -0.423 e. The molecule has 53 heavy (non-hydrogen) atoms. The summed E-state index contributed by atoms with van der Waals surface area (Å²) < 4.78 is 10.6. The van der Waals surface area contributed by atoms with Crippen LogP contribution in [0.1, 0.15) is 123 Å². The normalized spacial score (nSPS) is 13.1. The second kappa shape index (κ2) is 17.0. The first-order valence-electron chi connectivity index (χ1n) is 20.2. The lowest BCUT2D eigenvalue weighted by atomic mass is 9.70. The van der Waals surface area contributed by atoms with Crippen LogP contribution in [0.5, 0.6) is 0 Å². The lowest BCUT2D eigenvalue weighted by Gasteiger charge is -2.33. The maximum absolute atomic E-state index is 11.5. The fourth-order valence-corrected chi connectivity index (χ4v) is 8.87. The number of hydrogen-bond acceptors (Lipinski definition) is 4. The first-order chi connectivity index (χ1) is 25.9. The van der Waals surface area contributed by atoms with Crippen LogP contribution < -0.4 is 11.3 Å². The minimum atomic E-state index is -0.292. The molecule has 0 radical (unpaired) electrons. The van der Waals surface area contributed by atoms with Crippen molar-refractivity contribution in [1.29, 1.82) is 0 Å². The topological polar surface area (TPSA) is 60.4 Å². The first kappa shape index (κ1) is 36.6. The summed E-state index contributed by atoms with van der Waals surface area (Å²) in [7, 11) is 0. The molecule has 4 nitrogen and oxygen atoms in total.